The summed E-state index contributed by atoms with van der Waals surface area (Å²) in [5.41, 5.74) is 2.15. The standard InChI is InChI=1S/C17H19ClN2O3S/c1-13-2-4-14(5-3-13)12-19-17(21)10-11-20-24(22,23)16-8-6-15(18)7-9-16/h2-9,20H,10-12H2,1H3,(H,19,21). The summed E-state index contributed by atoms with van der Waals surface area (Å²) < 4.78 is 26.5. The molecule has 0 aliphatic heterocycles. The van der Waals surface area contributed by atoms with Gasteiger partial charge in [-0.3, -0.25) is 4.79 Å². The lowest BCUT2D eigenvalue weighted by Crippen LogP contribution is -2.30. The third-order valence-electron chi connectivity index (χ3n) is 3.38. The summed E-state index contributed by atoms with van der Waals surface area (Å²) in [5.74, 6) is -0.214. The monoisotopic (exact) mass is 366 g/mol. The van der Waals surface area contributed by atoms with Crippen molar-refractivity contribution in [1.29, 1.82) is 0 Å². The molecule has 0 heterocycles. The van der Waals surface area contributed by atoms with E-state index in [1.165, 1.54) is 24.3 Å². The van der Waals surface area contributed by atoms with Crippen LogP contribution in [0.3, 0.4) is 0 Å². The lowest BCUT2D eigenvalue weighted by Gasteiger charge is -2.08. The lowest BCUT2D eigenvalue weighted by molar-refractivity contribution is -0.121. The van der Waals surface area contributed by atoms with Crippen LogP contribution >= 0.6 is 11.6 Å². The van der Waals surface area contributed by atoms with E-state index in [9.17, 15) is 13.2 Å². The van der Waals surface area contributed by atoms with E-state index < -0.39 is 10.0 Å². The zero-order chi connectivity index (χ0) is 17.6. The van der Waals surface area contributed by atoms with Crippen molar-refractivity contribution in [3.63, 3.8) is 0 Å². The molecule has 2 rings (SSSR count). The summed E-state index contributed by atoms with van der Waals surface area (Å²) in [5, 5.41) is 3.22. The van der Waals surface area contributed by atoms with Gasteiger partial charge in [0.1, 0.15) is 0 Å². The molecule has 128 valence electrons. The van der Waals surface area contributed by atoms with Crippen LogP contribution < -0.4 is 10.0 Å². The first-order valence-electron chi connectivity index (χ1n) is 7.44. The molecule has 24 heavy (non-hydrogen) atoms. The zero-order valence-electron chi connectivity index (χ0n) is 13.3. The predicted octanol–water partition coefficient (Wildman–Crippen LogP) is 2.63. The summed E-state index contributed by atoms with van der Waals surface area (Å²) in [7, 11) is -3.63. The molecular weight excluding hydrogens is 348 g/mol. The highest BCUT2D eigenvalue weighted by Gasteiger charge is 2.13. The molecule has 0 saturated carbocycles. The summed E-state index contributed by atoms with van der Waals surface area (Å²) in [6.07, 6.45) is 0.0681. The zero-order valence-corrected chi connectivity index (χ0v) is 14.8. The maximum absolute atomic E-state index is 12.1. The van der Waals surface area contributed by atoms with Gasteiger partial charge >= 0.3 is 0 Å². The summed E-state index contributed by atoms with van der Waals surface area (Å²) in [6.45, 7) is 2.45. The van der Waals surface area contributed by atoms with E-state index >= 15 is 0 Å². The number of aryl methyl sites for hydroxylation is 1. The molecule has 2 aromatic carbocycles. The molecule has 0 aliphatic carbocycles. The van der Waals surface area contributed by atoms with Crippen molar-refractivity contribution in [3.05, 3.63) is 64.7 Å². The van der Waals surface area contributed by atoms with Gasteiger partial charge in [-0.2, -0.15) is 0 Å². The normalized spacial score (nSPS) is 11.2. The first-order chi connectivity index (χ1) is 11.4. The Labute approximate surface area is 147 Å². The first kappa shape index (κ1) is 18.4. The Morgan fingerprint density at radius 2 is 1.67 bits per heavy atom. The highest BCUT2D eigenvalue weighted by Crippen LogP contribution is 2.13. The SMILES string of the molecule is Cc1ccc(CNC(=O)CCNS(=O)(=O)c2ccc(Cl)cc2)cc1. The molecule has 0 spiro atoms. The molecule has 0 radical (unpaired) electrons. The fraction of sp³-hybridized carbons (Fsp3) is 0.235. The van der Waals surface area contributed by atoms with Gasteiger partial charge in [-0.15, -0.1) is 0 Å². The van der Waals surface area contributed by atoms with Crippen molar-refractivity contribution >= 4 is 27.5 Å². The van der Waals surface area contributed by atoms with Crippen molar-refractivity contribution in [2.24, 2.45) is 0 Å². The molecule has 2 N–H and O–H groups in total. The molecule has 2 aromatic rings. The average molecular weight is 367 g/mol. The van der Waals surface area contributed by atoms with Crippen LogP contribution in [0, 0.1) is 6.92 Å². The van der Waals surface area contributed by atoms with Crippen molar-refractivity contribution in [2.75, 3.05) is 6.54 Å². The van der Waals surface area contributed by atoms with Crippen molar-refractivity contribution in [2.45, 2.75) is 24.8 Å². The van der Waals surface area contributed by atoms with E-state index in [1.54, 1.807) is 0 Å². The maximum atomic E-state index is 12.1. The van der Waals surface area contributed by atoms with Crippen LogP contribution in [-0.4, -0.2) is 20.9 Å². The number of carbonyl (C=O) groups is 1. The third kappa shape index (κ3) is 5.63. The molecule has 0 saturated heterocycles. The van der Waals surface area contributed by atoms with Crippen molar-refractivity contribution in [3.8, 4) is 0 Å². The number of halogens is 1. The number of amides is 1. The van der Waals surface area contributed by atoms with Crippen LogP contribution in [0.1, 0.15) is 17.5 Å². The molecular formula is C17H19ClN2O3S. The van der Waals surface area contributed by atoms with Gasteiger partial charge in [0.2, 0.25) is 15.9 Å². The molecule has 0 fully saturated rings. The maximum Gasteiger partial charge on any atom is 0.240 e. The molecule has 7 heteroatoms. The van der Waals surface area contributed by atoms with Gasteiger partial charge in [0, 0.05) is 24.5 Å². The molecule has 0 unspecified atom stereocenters. The van der Waals surface area contributed by atoms with E-state index in [4.69, 9.17) is 11.6 Å². The Morgan fingerprint density at radius 3 is 2.29 bits per heavy atom. The second kappa shape index (κ2) is 8.28. The first-order valence-corrected chi connectivity index (χ1v) is 9.30. The van der Waals surface area contributed by atoms with E-state index in [-0.39, 0.29) is 23.8 Å². The minimum absolute atomic E-state index is 0.0324. The number of nitrogens with one attached hydrogen (secondary N) is 2. The second-order valence-electron chi connectivity index (χ2n) is 5.36. The number of rotatable bonds is 7. The second-order valence-corrected chi connectivity index (χ2v) is 7.57. The smallest absolute Gasteiger partial charge is 0.240 e. The number of benzene rings is 2. The fourth-order valence-electron chi connectivity index (χ4n) is 1.99. The number of sulfonamides is 1. The van der Waals surface area contributed by atoms with Crippen molar-refractivity contribution < 1.29 is 13.2 Å². The minimum atomic E-state index is -3.63. The van der Waals surface area contributed by atoms with Crippen LogP contribution in [0.4, 0.5) is 0 Å². The summed E-state index contributed by atoms with van der Waals surface area (Å²) in [4.78, 5) is 11.9. The molecule has 5 nitrogen and oxygen atoms in total. The fourth-order valence-corrected chi connectivity index (χ4v) is 3.15. The molecule has 0 aliphatic rings. The van der Waals surface area contributed by atoms with E-state index in [2.05, 4.69) is 10.0 Å². The Kier molecular flexibility index (Phi) is 6.36. The van der Waals surface area contributed by atoms with Gasteiger partial charge in [-0.1, -0.05) is 41.4 Å². The summed E-state index contributed by atoms with van der Waals surface area (Å²) in [6, 6.07) is 13.7. The van der Waals surface area contributed by atoms with Crippen LogP contribution in [0.2, 0.25) is 5.02 Å². The van der Waals surface area contributed by atoms with Gasteiger partial charge in [-0.25, -0.2) is 13.1 Å². The number of carbonyl (C=O) groups excluding carboxylic acids is 1. The molecule has 1 amide bonds. The predicted molar refractivity (Wildman–Crippen MR) is 94.3 cm³/mol. The molecule has 0 bridgehead atoms. The van der Waals surface area contributed by atoms with Crippen LogP contribution in [0.5, 0.6) is 0 Å². The van der Waals surface area contributed by atoms with Crippen molar-refractivity contribution in [1.82, 2.24) is 10.0 Å². The minimum Gasteiger partial charge on any atom is -0.352 e. The van der Waals surface area contributed by atoms with E-state index in [0.29, 0.717) is 11.6 Å². The van der Waals surface area contributed by atoms with Gasteiger partial charge < -0.3 is 5.32 Å². The van der Waals surface area contributed by atoms with Gasteiger partial charge in [0.05, 0.1) is 4.90 Å². The average Bonchev–Trinajstić information content (AvgIpc) is 2.54. The lowest BCUT2D eigenvalue weighted by atomic mass is 10.1. The van der Waals surface area contributed by atoms with Crippen LogP contribution in [0.15, 0.2) is 53.4 Å². The third-order valence-corrected chi connectivity index (χ3v) is 5.11. The largest absolute Gasteiger partial charge is 0.352 e. The molecule has 0 aromatic heterocycles. The van der Waals surface area contributed by atoms with E-state index in [1.807, 2.05) is 31.2 Å². The summed E-state index contributed by atoms with van der Waals surface area (Å²) >= 11 is 5.73. The Hall–Kier alpha value is -1.89. The van der Waals surface area contributed by atoms with Gasteiger partial charge in [-0.05, 0) is 36.8 Å². The van der Waals surface area contributed by atoms with Gasteiger partial charge in [0.15, 0.2) is 0 Å². The van der Waals surface area contributed by atoms with Gasteiger partial charge in [0.25, 0.3) is 0 Å². The molecule has 0 atom stereocenters. The number of hydrogen-bond donors (Lipinski definition) is 2. The highest BCUT2D eigenvalue weighted by molar-refractivity contribution is 7.89. The number of hydrogen-bond acceptors (Lipinski definition) is 3. The Bertz CT molecular complexity index is 788. The van der Waals surface area contributed by atoms with Crippen LogP contribution in [-0.2, 0) is 21.4 Å². The Morgan fingerprint density at radius 1 is 1.04 bits per heavy atom. The topological polar surface area (TPSA) is 75.3 Å². The Balaban J connectivity index is 1.77. The highest BCUT2D eigenvalue weighted by atomic mass is 35.5. The van der Waals surface area contributed by atoms with Crippen LogP contribution in [0.25, 0.3) is 0 Å². The van der Waals surface area contributed by atoms with E-state index in [0.717, 1.165) is 11.1 Å². The quantitative estimate of drug-likeness (QED) is 0.791.